The van der Waals surface area contributed by atoms with E-state index in [1.807, 2.05) is 0 Å². The van der Waals surface area contributed by atoms with Crippen molar-refractivity contribution in [3.8, 4) is 11.3 Å². The number of nitrogens with one attached hydrogen (secondary N) is 1. The first-order chi connectivity index (χ1) is 12.0. The minimum absolute atomic E-state index is 0.275. The van der Waals surface area contributed by atoms with Crippen molar-refractivity contribution >= 4 is 11.6 Å². The number of halogens is 1. The predicted molar refractivity (Wildman–Crippen MR) is 91.5 cm³/mol. The van der Waals surface area contributed by atoms with E-state index in [2.05, 4.69) is 15.4 Å². The smallest absolute Gasteiger partial charge is 0.267 e. The van der Waals surface area contributed by atoms with Gasteiger partial charge in [-0.25, -0.2) is 9.07 Å². The molecule has 1 amide bonds. The van der Waals surface area contributed by atoms with Crippen LogP contribution in [0.2, 0.25) is 0 Å². The Morgan fingerprint density at radius 2 is 2.08 bits per heavy atom. The molecule has 0 atom stereocenters. The topological polar surface area (TPSA) is 76.9 Å². The average Bonchev–Trinajstić information content (AvgIpc) is 2.61. The molecule has 1 aromatic carbocycles. The Balaban J connectivity index is 1.79. The monoisotopic (exact) mass is 338 g/mol. The molecule has 0 aliphatic carbocycles. The van der Waals surface area contributed by atoms with E-state index in [9.17, 15) is 14.0 Å². The number of carbonyl (C=O) groups is 1. The van der Waals surface area contributed by atoms with E-state index in [1.165, 1.54) is 12.1 Å². The van der Waals surface area contributed by atoms with Gasteiger partial charge in [0.05, 0.1) is 5.69 Å². The van der Waals surface area contributed by atoms with Crippen molar-refractivity contribution in [3.05, 3.63) is 76.6 Å². The molecule has 0 unspecified atom stereocenters. The fraction of sp³-hybridized carbons (Fsp3) is 0.111. The molecule has 2 heterocycles. The molecule has 6 nitrogen and oxygen atoms in total. The summed E-state index contributed by atoms with van der Waals surface area (Å²) in [6.07, 6.45) is 3.25. The lowest BCUT2D eigenvalue weighted by atomic mass is 10.2. The van der Waals surface area contributed by atoms with Crippen LogP contribution in [0.4, 0.5) is 10.1 Å². The zero-order chi connectivity index (χ0) is 17.8. The SMILES string of the molecule is Cc1ccc(NC(=O)Cn2nc(-c3cccnc3)ccc2=O)cc1F. The van der Waals surface area contributed by atoms with Gasteiger partial charge in [0.25, 0.3) is 5.56 Å². The fourth-order valence-corrected chi connectivity index (χ4v) is 2.24. The highest BCUT2D eigenvalue weighted by molar-refractivity contribution is 5.90. The molecular formula is C18H15FN4O2. The van der Waals surface area contributed by atoms with Gasteiger partial charge in [-0.15, -0.1) is 0 Å². The maximum absolute atomic E-state index is 13.5. The zero-order valence-corrected chi connectivity index (χ0v) is 13.4. The summed E-state index contributed by atoms with van der Waals surface area (Å²) < 4.78 is 14.6. The maximum Gasteiger partial charge on any atom is 0.267 e. The van der Waals surface area contributed by atoms with Crippen LogP contribution in [0.5, 0.6) is 0 Å². The highest BCUT2D eigenvalue weighted by Gasteiger charge is 2.09. The largest absolute Gasteiger partial charge is 0.324 e. The van der Waals surface area contributed by atoms with Crippen molar-refractivity contribution < 1.29 is 9.18 Å². The molecule has 0 radical (unpaired) electrons. The third kappa shape index (κ3) is 3.95. The van der Waals surface area contributed by atoms with Crippen LogP contribution in [0, 0.1) is 12.7 Å². The summed E-state index contributed by atoms with van der Waals surface area (Å²) in [4.78, 5) is 28.1. The quantitative estimate of drug-likeness (QED) is 0.792. The van der Waals surface area contributed by atoms with Crippen molar-refractivity contribution in [2.45, 2.75) is 13.5 Å². The Kier molecular flexibility index (Phi) is 4.65. The van der Waals surface area contributed by atoms with Gasteiger partial charge in [0.2, 0.25) is 5.91 Å². The van der Waals surface area contributed by atoms with Crippen molar-refractivity contribution in [1.82, 2.24) is 14.8 Å². The van der Waals surface area contributed by atoms with Gasteiger partial charge in [0, 0.05) is 29.7 Å². The molecule has 2 aromatic heterocycles. The third-order valence-corrected chi connectivity index (χ3v) is 3.57. The summed E-state index contributed by atoms with van der Waals surface area (Å²) in [7, 11) is 0. The number of carbonyl (C=O) groups excluding carboxylic acids is 1. The Hall–Kier alpha value is -3.35. The van der Waals surface area contributed by atoms with E-state index in [1.54, 1.807) is 49.6 Å². The second-order valence-corrected chi connectivity index (χ2v) is 5.47. The Labute approximate surface area is 143 Å². The second-order valence-electron chi connectivity index (χ2n) is 5.47. The molecule has 3 aromatic rings. The van der Waals surface area contributed by atoms with Gasteiger partial charge in [-0.2, -0.15) is 5.10 Å². The van der Waals surface area contributed by atoms with Gasteiger partial charge in [-0.1, -0.05) is 6.07 Å². The second kappa shape index (κ2) is 7.04. The molecule has 7 heteroatoms. The van der Waals surface area contributed by atoms with Crippen molar-refractivity contribution in [2.75, 3.05) is 5.32 Å². The first-order valence-electron chi connectivity index (χ1n) is 7.57. The van der Waals surface area contributed by atoms with Gasteiger partial charge >= 0.3 is 0 Å². The number of hydrogen-bond donors (Lipinski definition) is 1. The summed E-state index contributed by atoms with van der Waals surface area (Å²) in [6, 6.07) is 10.9. The molecule has 3 rings (SSSR count). The number of aromatic nitrogens is 3. The molecule has 0 bridgehead atoms. The standard InChI is InChI=1S/C18H15FN4O2/c1-12-4-5-14(9-15(12)19)21-17(24)11-23-18(25)7-6-16(22-23)13-3-2-8-20-10-13/h2-10H,11H2,1H3,(H,21,24). The Morgan fingerprint density at radius 3 is 2.80 bits per heavy atom. The van der Waals surface area contributed by atoms with Crippen molar-refractivity contribution in [3.63, 3.8) is 0 Å². The number of amides is 1. The molecule has 1 N–H and O–H groups in total. The molecule has 126 valence electrons. The molecule has 25 heavy (non-hydrogen) atoms. The Morgan fingerprint density at radius 1 is 1.24 bits per heavy atom. The first-order valence-corrected chi connectivity index (χ1v) is 7.57. The zero-order valence-electron chi connectivity index (χ0n) is 13.4. The lowest BCUT2D eigenvalue weighted by Crippen LogP contribution is -2.29. The summed E-state index contributed by atoms with van der Waals surface area (Å²) in [6.45, 7) is 1.36. The molecule has 0 fully saturated rings. The Bertz CT molecular complexity index is 970. The lowest BCUT2D eigenvalue weighted by molar-refractivity contribution is -0.117. The number of pyridine rings is 1. The van der Waals surface area contributed by atoms with Crippen LogP contribution >= 0.6 is 0 Å². The van der Waals surface area contributed by atoms with Crippen LogP contribution in [-0.2, 0) is 11.3 Å². The fourth-order valence-electron chi connectivity index (χ4n) is 2.24. The number of rotatable bonds is 4. The molecule has 0 saturated carbocycles. The number of anilines is 1. The minimum atomic E-state index is -0.471. The lowest BCUT2D eigenvalue weighted by Gasteiger charge is -2.09. The van der Waals surface area contributed by atoms with E-state index in [0.717, 1.165) is 10.2 Å². The number of hydrogen-bond acceptors (Lipinski definition) is 4. The molecular weight excluding hydrogens is 323 g/mol. The normalized spacial score (nSPS) is 10.5. The first kappa shape index (κ1) is 16.5. The highest BCUT2D eigenvalue weighted by atomic mass is 19.1. The van der Waals surface area contributed by atoms with Gasteiger partial charge in [-0.3, -0.25) is 14.6 Å². The molecule has 0 saturated heterocycles. The number of nitrogens with zero attached hydrogens (tertiary/aromatic N) is 3. The minimum Gasteiger partial charge on any atom is -0.324 e. The molecule has 0 aliphatic heterocycles. The summed E-state index contributed by atoms with van der Waals surface area (Å²) in [5, 5.41) is 6.74. The van der Waals surface area contributed by atoms with Crippen molar-refractivity contribution in [1.29, 1.82) is 0 Å². The van der Waals surface area contributed by atoms with Gasteiger partial charge in [-0.05, 0) is 42.8 Å². The van der Waals surface area contributed by atoms with Crippen LogP contribution < -0.4 is 10.9 Å². The van der Waals surface area contributed by atoms with E-state index in [4.69, 9.17) is 0 Å². The average molecular weight is 338 g/mol. The molecule has 0 spiro atoms. The third-order valence-electron chi connectivity index (χ3n) is 3.57. The summed E-state index contributed by atoms with van der Waals surface area (Å²) in [5.41, 5.74) is 1.67. The summed E-state index contributed by atoms with van der Waals surface area (Å²) in [5.74, 6) is -0.882. The number of benzene rings is 1. The van der Waals surface area contributed by atoms with Gasteiger partial charge < -0.3 is 5.32 Å². The highest BCUT2D eigenvalue weighted by Crippen LogP contribution is 2.14. The number of aryl methyl sites for hydroxylation is 1. The van der Waals surface area contributed by atoms with E-state index < -0.39 is 17.3 Å². The van der Waals surface area contributed by atoms with Crippen LogP contribution in [0.15, 0.2) is 59.7 Å². The van der Waals surface area contributed by atoms with Gasteiger partial charge in [0.15, 0.2) is 0 Å². The predicted octanol–water partition coefficient (Wildman–Crippen LogP) is 2.39. The molecule has 0 aliphatic rings. The maximum atomic E-state index is 13.5. The summed E-state index contributed by atoms with van der Waals surface area (Å²) >= 11 is 0. The van der Waals surface area contributed by atoms with E-state index >= 15 is 0 Å². The van der Waals surface area contributed by atoms with E-state index in [-0.39, 0.29) is 6.54 Å². The van der Waals surface area contributed by atoms with Crippen LogP contribution in [0.3, 0.4) is 0 Å². The van der Waals surface area contributed by atoms with Crippen molar-refractivity contribution in [2.24, 2.45) is 0 Å². The van der Waals surface area contributed by atoms with E-state index in [0.29, 0.717) is 16.9 Å². The van der Waals surface area contributed by atoms with Crippen LogP contribution in [0.25, 0.3) is 11.3 Å². The van der Waals surface area contributed by atoms with Gasteiger partial charge in [0.1, 0.15) is 12.4 Å². The van der Waals surface area contributed by atoms with Crippen LogP contribution in [-0.4, -0.2) is 20.7 Å². The van der Waals surface area contributed by atoms with Crippen LogP contribution in [0.1, 0.15) is 5.56 Å².